The molecule has 24 heavy (non-hydrogen) atoms. The number of azo groups is 1. The molecule has 0 spiro atoms. The highest BCUT2D eigenvalue weighted by atomic mass is 32.1. The molecule has 0 fully saturated rings. The maximum Gasteiger partial charge on any atom is 0.231 e. The zero-order valence-corrected chi connectivity index (χ0v) is 13.3. The smallest absolute Gasteiger partial charge is 0.231 e. The lowest BCUT2D eigenvalue weighted by atomic mass is 10.2. The highest BCUT2D eigenvalue weighted by molar-refractivity contribution is 7.21. The van der Waals surface area contributed by atoms with Crippen molar-refractivity contribution < 1.29 is 0 Å². The number of pyridine rings is 2. The molecule has 3 aromatic rings. The number of para-hydroxylation sites is 1. The second-order valence-electron chi connectivity index (χ2n) is 5.37. The fraction of sp³-hybridized carbons (Fsp3) is 0. The Balaban J connectivity index is 1.68. The van der Waals surface area contributed by atoms with Gasteiger partial charge in [0.05, 0.1) is 21.4 Å². The molecule has 5 rings (SSSR count). The Morgan fingerprint density at radius 3 is 2.88 bits per heavy atom. The number of aromatic amines is 1. The quantitative estimate of drug-likeness (QED) is 0.423. The van der Waals surface area contributed by atoms with Gasteiger partial charge in [0.1, 0.15) is 5.69 Å². The van der Waals surface area contributed by atoms with Crippen LogP contribution in [0.25, 0.3) is 32.4 Å². The molecule has 0 radical (unpaired) electrons. The number of aromatic nitrogens is 3. The van der Waals surface area contributed by atoms with E-state index in [0.29, 0.717) is 5.13 Å². The van der Waals surface area contributed by atoms with Gasteiger partial charge < -0.3 is 4.98 Å². The number of hydrogen-bond donors (Lipinski definition) is 1. The number of benzene rings is 1. The van der Waals surface area contributed by atoms with E-state index in [-0.39, 0.29) is 0 Å². The molecule has 5 nitrogen and oxygen atoms in total. The van der Waals surface area contributed by atoms with Gasteiger partial charge in [0.15, 0.2) is 0 Å². The van der Waals surface area contributed by atoms with E-state index in [2.05, 4.69) is 25.2 Å². The molecule has 1 aromatic carbocycles. The Hall–Kier alpha value is -3.12. The van der Waals surface area contributed by atoms with Crippen LogP contribution < -0.4 is 0 Å². The average Bonchev–Trinajstić information content (AvgIpc) is 3.19. The van der Waals surface area contributed by atoms with Crippen molar-refractivity contribution in [1.82, 2.24) is 15.0 Å². The van der Waals surface area contributed by atoms with Crippen LogP contribution in [-0.2, 0) is 0 Å². The van der Waals surface area contributed by atoms with Crippen LogP contribution in [-0.4, -0.2) is 15.0 Å². The second kappa shape index (κ2) is 5.21. The molecule has 1 N–H and O–H groups in total. The number of nitrogens with one attached hydrogen (secondary N) is 1. The van der Waals surface area contributed by atoms with Crippen molar-refractivity contribution in [2.75, 3.05) is 0 Å². The molecule has 0 bridgehead atoms. The van der Waals surface area contributed by atoms with Crippen LogP contribution in [0.5, 0.6) is 0 Å². The topological polar surface area (TPSA) is 66.3 Å². The van der Waals surface area contributed by atoms with Crippen LogP contribution in [0.3, 0.4) is 0 Å². The minimum absolute atomic E-state index is 0.655. The first kappa shape index (κ1) is 13.3. The SMILES string of the molecule is c1c[nH]c2c3ncccc3c(N=Nc3nc4ccccc4s3)c-2c1. The summed E-state index contributed by atoms with van der Waals surface area (Å²) in [5, 5.41) is 10.5. The molecular weight excluding hydrogens is 318 g/mol. The Bertz CT molecular complexity index is 1140. The summed E-state index contributed by atoms with van der Waals surface area (Å²) >= 11 is 1.53. The molecule has 2 aromatic heterocycles. The highest BCUT2D eigenvalue weighted by Crippen LogP contribution is 2.43. The normalized spacial score (nSPS) is 12.0. The zero-order chi connectivity index (χ0) is 15.9. The highest BCUT2D eigenvalue weighted by Gasteiger charge is 2.18. The van der Waals surface area contributed by atoms with Crippen molar-refractivity contribution in [1.29, 1.82) is 0 Å². The van der Waals surface area contributed by atoms with Crippen molar-refractivity contribution in [3.63, 3.8) is 0 Å². The summed E-state index contributed by atoms with van der Waals surface area (Å²) in [7, 11) is 0. The van der Waals surface area contributed by atoms with Gasteiger partial charge in [0, 0.05) is 23.3 Å². The molecule has 0 amide bonds. The fourth-order valence-corrected chi connectivity index (χ4v) is 3.66. The average molecular weight is 329 g/mol. The van der Waals surface area contributed by atoms with Gasteiger partial charge in [-0.1, -0.05) is 23.5 Å². The molecule has 2 aliphatic rings. The van der Waals surface area contributed by atoms with Crippen molar-refractivity contribution in [3.8, 4) is 11.3 Å². The van der Waals surface area contributed by atoms with Crippen molar-refractivity contribution >= 4 is 43.3 Å². The van der Waals surface area contributed by atoms with Crippen LogP contribution in [0.15, 0.2) is 71.2 Å². The molecule has 0 saturated carbocycles. The van der Waals surface area contributed by atoms with Gasteiger partial charge >= 0.3 is 0 Å². The van der Waals surface area contributed by atoms with Crippen molar-refractivity contribution in [3.05, 3.63) is 60.9 Å². The van der Waals surface area contributed by atoms with E-state index in [9.17, 15) is 0 Å². The lowest BCUT2D eigenvalue weighted by molar-refractivity contribution is 1.22. The summed E-state index contributed by atoms with van der Waals surface area (Å²) in [5.41, 5.74) is 4.67. The lowest BCUT2D eigenvalue weighted by Crippen LogP contribution is -1.80. The van der Waals surface area contributed by atoms with E-state index in [4.69, 9.17) is 0 Å². The lowest BCUT2D eigenvalue weighted by Gasteiger charge is -1.98. The minimum atomic E-state index is 0.655. The van der Waals surface area contributed by atoms with E-state index in [1.54, 1.807) is 6.20 Å². The third-order valence-corrected chi connectivity index (χ3v) is 4.85. The third kappa shape index (κ3) is 2.00. The monoisotopic (exact) mass is 329 g/mol. The molecule has 1 aliphatic heterocycles. The van der Waals surface area contributed by atoms with Crippen molar-refractivity contribution in [2.24, 2.45) is 10.2 Å². The summed E-state index contributed by atoms with van der Waals surface area (Å²) in [6, 6.07) is 15.9. The summed E-state index contributed by atoms with van der Waals surface area (Å²) in [6.45, 7) is 0. The maximum atomic E-state index is 4.51. The van der Waals surface area contributed by atoms with Gasteiger partial charge in [-0.2, -0.15) is 0 Å². The summed E-state index contributed by atoms with van der Waals surface area (Å²) < 4.78 is 1.11. The molecular formula is C18H11N5S. The van der Waals surface area contributed by atoms with E-state index in [1.807, 2.05) is 54.7 Å². The number of rotatable bonds is 2. The van der Waals surface area contributed by atoms with Crippen LogP contribution in [0.2, 0.25) is 0 Å². The number of nitrogens with zero attached hydrogens (tertiary/aromatic N) is 4. The Kier molecular flexibility index (Phi) is 2.89. The Morgan fingerprint density at radius 2 is 1.92 bits per heavy atom. The fourth-order valence-electron chi connectivity index (χ4n) is 2.87. The van der Waals surface area contributed by atoms with E-state index in [1.165, 1.54) is 11.3 Å². The van der Waals surface area contributed by atoms with Crippen LogP contribution in [0, 0.1) is 0 Å². The molecule has 1 aliphatic carbocycles. The molecule has 0 atom stereocenters. The summed E-state index contributed by atoms with van der Waals surface area (Å²) in [6.07, 6.45) is 3.68. The summed E-state index contributed by atoms with van der Waals surface area (Å²) in [4.78, 5) is 12.2. The largest absolute Gasteiger partial charge is 0.359 e. The van der Waals surface area contributed by atoms with Gasteiger partial charge in [-0.15, -0.1) is 10.2 Å². The number of thiazole rings is 1. The number of hydrogen-bond acceptors (Lipinski definition) is 5. The predicted octanol–water partition coefficient (Wildman–Crippen LogP) is 5.69. The standard InChI is InChI=1S/C18H11N5S/c1-2-8-14-13(7-1)21-18(24-14)23-22-15-11-5-3-9-19-16(11)17-12(15)6-4-10-20-17/h1-10,19H. The molecule has 0 saturated heterocycles. The first-order valence-corrected chi connectivity index (χ1v) is 8.33. The molecule has 114 valence electrons. The van der Waals surface area contributed by atoms with Crippen LogP contribution in [0.4, 0.5) is 10.8 Å². The first-order valence-electron chi connectivity index (χ1n) is 7.51. The van der Waals surface area contributed by atoms with Crippen molar-refractivity contribution in [2.45, 2.75) is 0 Å². The predicted molar refractivity (Wildman–Crippen MR) is 96.5 cm³/mol. The second-order valence-corrected chi connectivity index (χ2v) is 6.38. The zero-order valence-electron chi connectivity index (χ0n) is 12.5. The van der Waals surface area contributed by atoms with Crippen LogP contribution in [0.1, 0.15) is 0 Å². The molecule has 3 heterocycles. The number of fused-ring (bicyclic) bond motifs is 4. The van der Waals surface area contributed by atoms with Crippen LogP contribution >= 0.6 is 11.3 Å². The van der Waals surface area contributed by atoms with Gasteiger partial charge in [0.2, 0.25) is 5.13 Å². The number of H-pyrrole nitrogens is 1. The van der Waals surface area contributed by atoms with Gasteiger partial charge in [-0.3, -0.25) is 4.98 Å². The van der Waals surface area contributed by atoms with E-state index in [0.717, 1.165) is 38.1 Å². The summed E-state index contributed by atoms with van der Waals surface area (Å²) in [5.74, 6) is 0. The van der Waals surface area contributed by atoms with Gasteiger partial charge in [0.25, 0.3) is 0 Å². The van der Waals surface area contributed by atoms with E-state index >= 15 is 0 Å². The van der Waals surface area contributed by atoms with E-state index < -0.39 is 0 Å². The first-order chi connectivity index (χ1) is 11.9. The maximum absolute atomic E-state index is 4.51. The minimum Gasteiger partial charge on any atom is -0.359 e. The van der Waals surface area contributed by atoms with Gasteiger partial charge in [-0.05, 0) is 36.4 Å². The third-order valence-electron chi connectivity index (χ3n) is 3.93. The Labute approximate surface area is 141 Å². The molecule has 6 heteroatoms. The Morgan fingerprint density at radius 1 is 0.958 bits per heavy atom. The van der Waals surface area contributed by atoms with Gasteiger partial charge in [-0.25, -0.2) is 4.98 Å². The molecule has 0 unspecified atom stereocenters.